The van der Waals surface area contributed by atoms with E-state index in [1.807, 2.05) is 0 Å². The molecule has 12 N–H and O–H groups in total. The third-order valence-corrected chi connectivity index (χ3v) is 16.5. The Morgan fingerprint density at radius 3 is 1.16 bits per heavy atom. The van der Waals surface area contributed by atoms with Crippen molar-refractivity contribution in [2.24, 2.45) is 0 Å². The van der Waals surface area contributed by atoms with Crippen LogP contribution in [0.3, 0.4) is 0 Å². The lowest BCUT2D eigenvalue weighted by Gasteiger charge is -2.48. The fraction of sp³-hybridized carbons (Fsp3) is 0.689. The van der Waals surface area contributed by atoms with E-state index in [1.54, 1.807) is 0 Å². The molecule has 0 aromatic rings. The molecule has 19 nitrogen and oxygen atoms in total. The smallest absolute Gasteiger partial charge is 0.220 e. The molecule has 0 aliphatic carbocycles. The van der Waals surface area contributed by atoms with E-state index in [0.29, 0.717) is 19.3 Å². The van der Waals surface area contributed by atoms with E-state index in [9.17, 15) is 61.0 Å². The number of hydrogen-bond donors (Lipinski definition) is 12. The maximum absolute atomic E-state index is 13.4. The van der Waals surface area contributed by atoms with Gasteiger partial charge in [0.1, 0.15) is 73.2 Å². The van der Waals surface area contributed by atoms with Crippen LogP contribution in [0.15, 0.2) is 134 Å². The molecule has 0 radical (unpaired) electrons. The lowest BCUT2D eigenvalue weighted by atomic mass is 9.96. The number of allylic oxidation sites excluding steroid dienone is 22. The molecule has 0 spiro atoms. The molecule has 17 unspecified atom stereocenters. The van der Waals surface area contributed by atoms with E-state index in [4.69, 9.17) is 28.4 Å². The van der Waals surface area contributed by atoms with Gasteiger partial charge in [0.25, 0.3) is 0 Å². The van der Waals surface area contributed by atoms with Crippen molar-refractivity contribution in [3.05, 3.63) is 134 Å². The Labute approximate surface area is 556 Å². The van der Waals surface area contributed by atoms with Crippen molar-refractivity contribution in [2.75, 3.05) is 26.4 Å². The molecule has 0 saturated carbocycles. The molecule has 3 fully saturated rings. The number of aliphatic hydroxyl groups excluding tert-OH is 11. The largest absolute Gasteiger partial charge is 0.394 e. The molecule has 3 rings (SSSR count). The first kappa shape index (κ1) is 83.2. The molecule has 0 bridgehead atoms. The first-order valence-electron chi connectivity index (χ1n) is 34.9. The van der Waals surface area contributed by atoms with Gasteiger partial charge in [-0.2, -0.15) is 0 Å². The number of hydrogen-bond acceptors (Lipinski definition) is 18. The zero-order chi connectivity index (χ0) is 67.5. The van der Waals surface area contributed by atoms with Gasteiger partial charge in [-0.25, -0.2) is 0 Å². The Balaban J connectivity index is 1.33. The van der Waals surface area contributed by atoms with Gasteiger partial charge in [-0.05, 0) is 96.3 Å². The topological polar surface area (TPSA) is 307 Å². The van der Waals surface area contributed by atoms with Crippen LogP contribution in [-0.4, -0.2) is 193 Å². The Kier molecular flexibility index (Phi) is 48.3. The maximum Gasteiger partial charge on any atom is 0.220 e. The molecule has 530 valence electrons. The maximum atomic E-state index is 13.4. The molecule has 17 atom stereocenters. The van der Waals surface area contributed by atoms with E-state index in [1.165, 1.54) is 25.7 Å². The van der Waals surface area contributed by atoms with Crippen molar-refractivity contribution in [1.29, 1.82) is 0 Å². The van der Waals surface area contributed by atoms with Gasteiger partial charge in [0.05, 0.1) is 38.6 Å². The monoisotopic (exact) mass is 1310 g/mol. The second-order valence-electron chi connectivity index (χ2n) is 24.3. The van der Waals surface area contributed by atoms with Gasteiger partial charge < -0.3 is 89.9 Å². The van der Waals surface area contributed by atoms with E-state index in [-0.39, 0.29) is 18.9 Å². The normalized spacial score (nSPS) is 28.4. The summed E-state index contributed by atoms with van der Waals surface area (Å²) in [6.45, 7) is 1.60. The van der Waals surface area contributed by atoms with E-state index in [0.717, 1.165) is 128 Å². The summed E-state index contributed by atoms with van der Waals surface area (Å²) in [6.07, 6.45) is 48.5. The number of nitrogens with one attached hydrogen (secondary N) is 1. The SMILES string of the molecule is CC/C=C\C/C=C\C/C=C\C/C=C\C/C=C\C/C=C\C/C=C\C/C=C\C/C=C\C/C=C\C/C=C\CCCCCCCC(=O)NC(COC1OC(CO)C(OC2OC(CO)C(OC3OC(CO)C(O)C(O)C3O)C(O)C2O)C(O)C1O)C(O)CCCCCCCCCCC. The molecular formula is C74H121NO18. The van der Waals surface area contributed by atoms with Crippen molar-refractivity contribution in [2.45, 2.75) is 298 Å². The van der Waals surface area contributed by atoms with Gasteiger partial charge in [0.15, 0.2) is 18.9 Å². The van der Waals surface area contributed by atoms with Crippen LogP contribution >= 0.6 is 0 Å². The zero-order valence-corrected chi connectivity index (χ0v) is 55.9. The number of amides is 1. The number of carbonyl (C=O) groups is 1. The molecule has 0 aromatic heterocycles. The Bertz CT molecular complexity index is 2210. The van der Waals surface area contributed by atoms with Crippen LogP contribution in [0.4, 0.5) is 0 Å². The Morgan fingerprint density at radius 2 is 0.742 bits per heavy atom. The molecule has 3 heterocycles. The van der Waals surface area contributed by atoms with Crippen LogP contribution in [0.5, 0.6) is 0 Å². The minimum Gasteiger partial charge on any atom is -0.394 e. The van der Waals surface area contributed by atoms with Crippen LogP contribution in [-0.2, 0) is 33.2 Å². The number of unbranched alkanes of at least 4 members (excludes halogenated alkanes) is 13. The quantitative estimate of drug-likeness (QED) is 0.0199. The van der Waals surface area contributed by atoms with Crippen molar-refractivity contribution >= 4 is 5.91 Å². The standard InChI is InChI=1S/C74H121NO18/c1-3-5-7-9-11-13-14-15-16-17-18-19-20-21-22-23-24-25-26-27-28-29-30-31-32-33-34-35-36-37-38-39-40-41-42-44-46-48-50-52-62(80)75-57(58(79)51-49-47-45-43-12-10-8-6-4-2)56-88-72-68(86)65(83)70(60(54-77)90-72)93-74-69(87)66(84)71(61(55-78)91-74)92-73-67(85)64(82)63(81)59(53-76)89-73/h5,7,11,13,15-16,18-19,21-22,24-25,27-28,30-31,33-34,36-37,39-40,57-61,63-74,76-79,81-87H,3-4,6,8-10,12,14,17,20,23,26,29,32,35,38,41-56H2,1-2H3,(H,75,80)/b7-5-,13-11-,16-15-,19-18-,22-21-,25-24-,28-27-,31-30-,34-33-,37-36-,40-39-. The van der Waals surface area contributed by atoms with Gasteiger partial charge in [-0.1, -0.05) is 225 Å². The van der Waals surface area contributed by atoms with Crippen molar-refractivity contribution in [3.8, 4) is 0 Å². The fourth-order valence-electron chi connectivity index (χ4n) is 10.8. The van der Waals surface area contributed by atoms with E-state index >= 15 is 0 Å². The molecule has 3 saturated heterocycles. The fourth-order valence-corrected chi connectivity index (χ4v) is 10.8. The number of aliphatic hydroxyl groups is 11. The second kappa shape index (κ2) is 54.0. The average Bonchev–Trinajstić information content (AvgIpc) is 0.828. The summed E-state index contributed by atoms with van der Waals surface area (Å²) in [6, 6.07) is -0.905. The number of ether oxygens (including phenoxy) is 6. The van der Waals surface area contributed by atoms with Crippen LogP contribution < -0.4 is 5.32 Å². The predicted octanol–water partition coefficient (Wildman–Crippen LogP) is 9.38. The first-order valence-corrected chi connectivity index (χ1v) is 34.9. The van der Waals surface area contributed by atoms with Crippen LogP contribution in [0.2, 0.25) is 0 Å². The summed E-state index contributed by atoms with van der Waals surface area (Å²) in [4.78, 5) is 13.4. The molecule has 0 aromatic carbocycles. The minimum atomic E-state index is -1.98. The van der Waals surface area contributed by atoms with E-state index in [2.05, 4.69) is 153 Å². The lowest BCUT2D eigenvalue weighted by Crippen LogP contribution is -2.66. The Morgan fingerprint density at radius 1 is 0.398 bits per heavy atom. The summed E-state index contributed by atoms with van der Waals surface area (Å²) >= 11 is 0. The summed E-state index contributed by atoms with van der Waals surface area (Å²) in [5.41, 5.74) is 0. The van der Waals surface area contributed by atoms with Gasteiger partial charge in [0.2, 0.25) is 5.91 Å². The molecular weight excluding hydrogens is 1190 g/mol. The highest BCUT2D eigenvalue weighted by Crippen LogP contribution is 2.33. The minimum absolute atomic E-state index is 0.234. The summed E-state index contributed by atoms with van der Waals surface area (Å²) in [7, 11) is 0. The second-order valence-corrected chi connectivity index (χ2v) is 24.3. The molecule has 93 heavy (non-hydrogen) atoms. The highest BCUT2D eigenvalue weighted by molar-refractivity contribution is 5.76. The van der Waals surface area contributed by atoms with Crippen molar-refractivity contribution in [1.82, 2.24) is 5.32 Å². The molecule has 19 heteroatoms. The van der Waals surface area contributed by atoms with Crippen LogP contribution in [0, 0.1) is 0 Å². The lowest BCUT2D eigenvalue weighted by molar-refractivity contribution is -0.379. The third-order valence-electron chi connectivity index (χ3n) is 16.5. The van der Waals surface area contributed by atoms with Gasteiger partial charge in [-0.3, -0.25) is 4.79 Å². The van der Waals surface area contributed by atoms with Crippen molar-refractivity contribution < 1.29 is 89.4 Å². The van der Waals surface area contributed by atoms with E-state index < -0.39 is 124 Å². The predicted molar refractivity (Wildman–Crippen MR) is 364 cm³/mol. The number of rotatable bonds is 51. The highest BCUT2D eigenvalue weighted by Gasteiger charge is 2.53. The van der Waals surface area contributed by atoms with Crippen LogP contribution in [0.1, 0.15) is 194 Å². The van der Waals surface area contributed by atoms with Crippen molar-refractivity contribution in [3.63, 3.8) is 0 Å². The van der Waals surface area contributed by atoms with Gasteiger partial charge in [0, 0.05) is 6.42 Å². The average molecular weight is 1310 g/mol. The third kappa shape index (κ3) is 35.7. The summed E-state index contributed by atoms with van der Waals surface area (Å²) in [5, 5.41) is 120. The zero-order valence-electron chi connectivity index (χ0n) is 55.9. The van der Waals surface area contributed by atoms with Gasteiger partial charge in [-0.15, -0.1) is 0 Å². The van der Waals surface area contributed by atoms with Crippen LogP contribution in [0.25, 0.3) is 0 Å². The molecule has 3 aliphatic rings. The summed E-state index contributed by atoms with van der Waals surface area (Å²) in [5.74, 6) is -0.271. The summed E-state index contributed by atoms with van der Waals surface area (Å²) < 4.78 is 34.3. The van der Waals surface area contributed by atoms with Gasteiger partial charge >= 0.3 is 0 Å². The molecule has 3 aliphatic heterocycles. The first-order chi connectivity index (χ1) is 45.3. The highest BCUT2D eigenvalue weighted by atomic mass is 16.8. The molecule has 1 amide bonds. The number of carbonyl (C=O) groups excluding carboxylic acids is 1. The Hall–Kier alpha value is -4.07.